The van der Waals surface area contributed by atoms with E-state index in [-0.39, 0.29) is 0 Å². The van der Waals surface area contributed by atoms with Crippen molar-refractivity contribution in [2.75, 3.05) is 26.7 Å². The van der Waals surface area contributed by atoms with Gasteiger partial charge in [0.15, 0.2) is 0 Å². The molecule has 1 aromatic heterocycles. The second-order valence-electron chi connectivity index (χ2n) is 5.75. The van der Waals surface area contributed by atoms with E-state index in [4.69, 9.17) is 0 Å². The fourth-order valence-electron chi connectivity index (χ4n) is 2.85. The minimum absolute atomic E-state index is 0.827. The molecule has 1 N–H and O–H groups in total. The number of piperidine rings is 1. The number of rotatable bonds is 6. The summed E-state index contributed by atoms with van der Waals surface area (Å²) in [6.07, 6.45) is 3.62. The van der Waals surface area contributed by atoms with Crippen LogP contribution in [-0.2, 0) is 19.5 Å². The first-order valence-electron chi connectivity index (χ1n) is 7.79. The summed E-state index contributed by atoms with van der Waals surface area (Å²) in [5.41, 5.74) is 2.46. The number of aryl methyl sites for hydroxylation is 2. The van der Waals surface area contributed by atoms with Gasteiger partial charge in [-0.25, -0.2) is 0 Å². The van der Waals surface area contributed by atoms with Gasteiger partial charge >= 0.3 is 0 Å². The molecule has 1 aliphatic rings. The summed E-state index contributed by atoms with van der Waals surface area (Å²) in [5, 5.41) is 8.28. The zero-order valence-corrected chi connectivity index (χ0v) is 14.5. The van der Waals surface area contributed by atoms with Crippen LogP contribution in [0.2, 0.25) is 0 Å². The Kier molecular flexibility index (Phi) is 6.05. The van der Waals surface area contributed by atoms with Gasteiger partial charge in [0.25, 0.3) is 0 Å². The highest BCUT2D eigenvalue weighted by Crippen LogP contribution is 2.22. The number of halogens is 1. The van der Waals surface area contributed by atoms with Crippen LogP contribution in [-0.4, -0.2) is 41.4 Å². The molecular weight excluding hydrogens is 316 g/mol. The van der Waals surface area contributed by atoms with Gasteiger partial charge in [-0.15, -0.1) is 0 Å². The van der Waals surface area contributed by atoms with Crippen LogP contribution >= 0.6 is 15.9 Å². The van der Waals surface area contributed by atoms with Gasteiger partial charge in [0.1, 0.15) is 0 Å². The Balaban J connectivity index is 1.86. The van der Waals surface area contributed by atoms with Crippen molar-refractivity contribution in [1.82, 2.24) is 20.0 Å². The van der Waals surface area contributed by atoms with Crippen LogP contribution in [0.5, 0.6) is 0 Å². The Labute approximate surface area is 131 Å². The standard InChI is InChI=1S/C15H27BrN4/c1-4-13-15(16)14(20(5-2)18-13)11-17-10-12-6-8-19(3)9-7-12/h12,17H,4-11H2,1-3H3. The van der Waals surface area contributed by atoms with E-state index in [9.17, 15) is 0 Å². The molecule has 0 aliphatic carbocycles. The molecule has 1 aromatic rings. The first-order chi connectivity index (χ1) is 9.65. The predicted octanol–water partition coefficient (Wildman–Crippen LogP) is 2.66. The highest BCUT2D eigenvalue weighted by molar-refractivity contribution is 9.10. The molecule has 0 radical (unpaired) electrons. The van der Waals surface area contributed by atoms with Crippen molar-refractivity contribution in [2.45, 2.75) is 46.2 Å². The molecular formula is C15H27BrN4. The third-order valence-electron chi connectivity index (χ3n) is 4.26. The molecule has 1 saturated heterocycles. The molecule has 4 nitrogen and oxygen atoms in total. The molecule has 0 saturated carbocycles. The molecule has 0 unspecified atom stereocenters. The molecule has 1 fully saturated rings. The number of hydrogen-bond acceptors (Lipinski definition) is 3. The Morgan fingerprint density at radius 2 is 2.00 bits per heavy atom. The van der Waals surface area contributed by atoms with Gasteiger partial charge in [-0.2, -0.15) is 5.10 Å². The third kappa shape index (κ3) is 3.83. The van der Waals surface area contributed by atoms with E-state index in [1.165, 1.54) is 41.8 Å². The Bertz CT molecular complexity index is 422. The fraction of sp³-hybridized carbons (Fsp3) is 0.800. The first-order valence-corrected chi connectivity index (χ1v) is 8.58. The molecule has 5 heteroatoms. The number of hydrogen-bond donors (Lipinski definition) is 1. The lowest BCUT2D eigenvalue weighted by molar-refractivity contribution is 0.215. The van der Waals surface area contributed by atoms with Crippen LogP contribution in [0.4, 0.5) is 0 Å². The summed E-state index contributed by atoms with van der Waals surface area (Å²) >= 11 is 3.71. The molecule has 0 atom stereocenters. The zero-order valence-electron chi connectivity index (χ0n) is 13.0. The van der Waals surface area contributed by atoms with E-state index in [0.717, 1.165) is 32.0 Å². The number of nitrogens with one attached hydrogen (secondary N) is 1. The average molecular weight is 343 g/mol. The van der Waals surface area contributed by atoms with E-state index in [0.29, 0.717) is 0 Å². The van der Waals surface area contributed by atoms with Crippen molar-refractivity contribution in [3.8, 4) is 0 Å². The largest absolute Gasteiger partial charge is 0.311 e. The summed E-state index contributed by atoms with van der Waals surface area (Å²) in [4.78, 5) is 2.42. The van der Waals surface area contributed by atoms with Gasteiger partial charge < -0.3 is 10.2 Å². The lowest BCUT2D eigenvalue weighted by atomic mass is 9.97. The predicted molar refractivity (Wildman–Crippen MR) is 86.9 cm³/mol. The second-order valence-corrected chi connectivity index (χ2v) is 6.55. The van der Waals surface area contributed by atoms with Crippen LogP contribution in [0.25, 0.3) is 0 Å². The van der Waals surface area contributed by atoms with Gasteiger partial charge in [0.05, 0.1) is 15.9 Å². The summed E-state index contributed by atoms with van der Waals surface area (Å²) in [6.45, 7) is 9.75. The summed E-state index contributed by atoms with van der Waals surface area (Å²) in [6, 6.07) is 0. The lowest BCUT2D eigenvalue weighted by Crippen LogP contribution is -2.35. The normalized spacial score (nSPS) is 17.8. The smallest absolute Gasteiger partial charge is 0.0767 e. The summed E-state index contributed by atoms with van der Waals surface area (Å²) < 4.78 is 3.31. The number of aromatic nitrogens is 2. The zero-order chi connectivity index (χ0) is 14.5. The maximum Gasteiger partial charge on any atom is 0.0767 e. The molecule has 2 heterocycles. The number of nitrogens with zero attached hydrogens (tertiary/aromatic N) is 3. The van der Waals surface area contributed by atoms with Crippen molar-refractivity contribution < 1.29 is 0 Å². The Morgan fingerprint density at radius 3 is 2.60 bits per heavy atom. The monoisotopic (exact) mass is 342 g/mol. The molecule has 0 bridgehead atoms. The van der Waals surface area contributed by atoms with Crippen molar-refractivity contribution in [3.05, 3.63) is 15.9 Å². The minimum Gasteiger partial charge on any atom is -0.311 e. The quantitative estimate of drug-likeness (QED) is 0.862. The van der Waals surface area contributed by atoms with Gasteiger partial charge in [0.2, 0.25) is 0 Å². The minimum atomic E-state index is 0.827. The van der Waals surface area contributed by atoms with Gasteiger partial charge in [-0.3, -0.25) is 4.68 Å². The Hall–Kier alpha value is -0.390. The summed E-state index contributed by atoms with van der Waals surface area (Å²) in [5.74, 6) is 0.827. The molecule has 2 rings (SSSR count). The van der Waals surface area contributed by atoms with Gasteiger partial charge in [-0.1, -0.05) is 6.92 Å². The van der Waals surface area contributed by atoms with Crippen LogP contribution in [0.1, 0.15) is 38.1 Å². The van der Waals surface area contributed by atoms with Crippen LogP contribution in [0, 0.1) is 5.92 Å². The molecule has 20 heavy (non-hydrogen) atoms. The van der Waals surface area contributed by atoms with Crippen LogP contribution in [0.3, 0.4) is 0 Å². The highest BCUT2D eigenvalue weighted by Gasteiger charge is 2.17. The van der Waals surface area contributed by atoms with Crippen molar-refractivity contribution in [2.24, 2.45) is 5.92 Å². The maximum absolute atomic E-state index is 4.65. The highest BCUT2D eigenvalue weighted by atomic mass is 79.9. The topological polar surface area (TPSA) is 33.1 Å². The van der Waals surface area contributed by atoms with E-state index < -0.39 is 0 Å². The number of likely N-dealkylation sites (tertiary alicyclic amines) is 1. The second kappa shape index (κ2) is 7.57. The molecule has 0 amide bonds. The van der Waals surface area contributed by atoms with Crippen molar-refractivity contribution >= 4 is 15.9 Å². The summed E-state index contributed by atoms with van der Waals surface area (Å²) in [7, 11) is 2.22. The molecule has 0 aromatic carbocycles. The lowest BCUT2D eigenvalue weighted by Gasteiger charge is -2.29. The van der Waals surface area contributed by atoms with E-state index in [2.05, 4.69) is 56.8 Å². The van der Waals surface area contributed by atoms with Crippen molar-refractivity contribution in [3.63, 3.8) is 0 Å². The fourth-order valence-corrected chi connectivity index (χ4v) is 3.55. The van der Waals surface area contributed by atoms with E-state index >= 15 is 0 Å². The molecule has 114 valence electrons. The SMILES string of the molecule is CCc1nn(CC)c(CNCC2CCN(C)CC2)c1Br. The molecule has 0 spiro atoms. The van der Waals surface area contributed by atoms with Crippen molar-refractivity contribution in [1.29, 1.82) is 0 Å². The van der Waals surface area contributed by atoms with E-state index in [1.807, 2.05) is 0 Å². The molecule has 1 aliphatic heterocycles. The third-order valence-corrected chi connectivity index (χ3v) is 5.17. The van der Waals surface area contributed by atoms with Crippen LogP contribution in [0.15, 0.2) is 4.47 Å². The van der Waals surface area contributed by atoms with Gasteiger partial charge in [0, 0.05) is 13.1 Å². The average Bonchev–Trinajstić information content (AvgIpc) is 2.77. The maximum atomic E-state index is 4.65. The first kappa shape index (κ1) is 16.0. The van der Waals surface area contributed by atoms with E-state index in [1.54, 1.807) is 0 Å². The Morgan fingerprint density at radius 1 is 1.30 bits per heavy atom. The van der Waals surface area contributed by atoms with Crippen LogP contribution < -0.4 is 5.32 Å². The van der Waals surface area contributed by atoms with Gasteiger partial charge in [-0.05, 0) is 74.7 Å².